The lowest BCUT2D eigenvalue weighted by atomic mass is 9.96. The largest absolute Gasteiger partial charge is 0.412 e. The molecule has 0 amide bonds. The molecule has 0 aromatic carbocycles. The molecule has 0 N–H and O–H groups in total. The maximum atomic E-state index is 6.75. The minimum Gasteiger partial charge on any atom is -0.412 e. The van der Waals surface area contributed by atoms with Crippen molar-refractivity contribution >= 4 is 39.2 Å². The number of alkyl halides is 1. The van der Waals surface area contributed by atoms with E-state index in [2.05, 4.69) is 110 Å². The number of halogens is 1. The Balaban J connectivity index is 4.40. The van der Waals surface area contributed by atoms with E-state index in [0.717, 1.165) is 12.8 Å². The molecule has 0 aromatic heterocycles. The molecule has 2 atom stereocenters. The number of allylic oxidation sites excluding steroid dienone is 1. The molecular formula is C24H51IO2Si2. The van der Waals surface area contributed by atoms with E-state index in [4.69, 9.17) is 8.85 Å². The second-order valence-corrected chi connectivity index (χ2v) is 21.8. The maximum absolute atomic E-state index is 6.75. The standard InChI is InChI=1S/C24H51IO2Si2/c1-12-29(13-2,14-3)27-24(8,9)20-16-18-21(4)17-15-19-22(25)26-28(10,11)23(5,6)7/h15,17,21-22H,12-14,16,18-20H2,1-11H3/t21?,22-/m1/s1. The lowest BCUT2D eigenvalue weighted by molar-refractivity contribution is 0.0821. The third-order valence-electron chi connectivity index (χ3n) is 6.88. The number of hydrogen-bond donors (Lipinski definition) is 0. The van der Waals surface area contributed by atoms with Crippen LogP contribution >= 0.6 is 22.6 Å². The summed E-state index contributed by atoms with van der Waals surface area (Å²) in [5.74, 6) is 0.618. The smallest absolute Gasteiger partial charge is 0.193 e. The molecule has 1 unspecified atom stereocenters. The van der Waals surface area contributed by atoms with E-state index in [0.29, 0.717) is 5.92 Å². The summed E-state index contributed by atoms with van der Waals surface area (Å²) in [6.45, 7) is 25.5. The van der Waals surface area contributed by atoms with Crippen molar-refractivity contribution in [2.24, 2.45) is 5.92 Å². The zero-order valence-corrected chi connectivity index (χ0v) is 25.6. The predicted molar refractivity (Wildman–Crippen MR) is 145 cm³/mol. The molecule has 0 spiro atoms. The van der Waals surface area contributed by atoms with Gasteiger partial charge in [-0.15, -0.1) is 0 Å². The summed E-state index contributed by atoms with van der Waals surface area (Å²) in [6.07, 6.45) is 9.34. The molecule has 0 aliphatic carbocycles. The van der Waals surface area contributed by atoms with Crippen LogP contribution in [0.4, 0.5) is 0 Å². The number of hydrogen-bond acceptors (Lipinski definition) is 2. The quantitative estimate of drug-likeness (QED) is 0.0922. The van der Waals surface area contributed by atoms with Gasteiger partial charge in [0, 0.05) is 0 Å². The van der Waals surface area contributed by atoms with E-state index in [9.17, 15) is 0 Å². The van der Waals surface area contributed by atoms with Crippen LogP contribution in [-0.2, 0) is 8.85 Å². The Morgan fingerprint density at radius 1 is 0.966 bits per heavy atom. The molecule has 0 saturated heterocycles. The van der Waals surface area contributed by atoms with Crippen molar-refractivity contribution in [2.75, 3.05) is 0 Å². The molecule has 0 bridgehead atoms. The fourth-order valence-electron chi connectivity index (χ4n) is 3.51. The van der Waals surface area contributed by atoms with Gasteiger partial charge in [-0.2, -0.15) is 0 Å². The van der Waals surface area contributed by atoms with Crippen molar-refractivity contribution in [3.05, 3.63) is 12.2 Å². The van der Waals surface area contributed by atoms with Crippen LogP contribution < -0.4 is 0 Å². The van der Waals surface area contributed by atoms with Gasteiger partial charge in [0.2, 0.25) is 0 Å². The Labute approximate surface area is 199 Å². The Kier molecular flexibility index (Phi) is 13.1. The molecule has 0 saturated carbocycles. The molecule has 2 nitrogen and oxygen atoms in total. The molecule has 0 radical (unpaired) electrons. The second kappa shape index (κ2) is 12.8. The Morgan fingerprint density at radius 2 is 1.48 bits per heavy atom. The Bertz CT molecular complexity index is 471. The summed E-state index contributed by atoms with van der Waals surface area (Å²) in [5.41, 5.74) is 0.0159. The van der Waals surface area contributed by atoms with E-state index in [-0.39, 0.29) is 14.8 Å². The van der Waals surface area contributed by atoms with Gasteiger partial charge >= 0.3 is 0 Å². The van der Waals surface area contributed by atoms with Crippen molar-refractivity contribution in [3.8, 4) is 0 Å². The highest BCUT2D eigenvalue weighted by Crippen LogP contribution is 2.38. The van der Waals surface area contributed by atoms with Crippen LogP contribution in [0.1, 0.15) is 88.0 Å². The van der Waals surface area contributed by atoms with Crippen molar-refractivity contribution in [2.45, 2.75) is 134 Å². The van der Waals surface area contributed by atoms with Gasteiger partial charge < -0.3 is 8.85 Å². The molecule has 0 fully saturated rings. The molecule has 5 heteroatoms. The monoisotopic (exact) mass is 554 g/mol. The minimum absolute atomic E-state index is 0.0159. The topological polar surface area (TPSA) is 18.5 Å². The number of rotatable bonds is 14. The summed E-state index contributed by atoms with van der Waals surface area (Å²) >= 11 is 2.46. The SMILES string of the molecule is CC[Si](CC)(CC)OC(C)(C)CCCC(C)C=CC[C@H](I)O[Si](C)(C)C(C)(C)C. The third kappa shape index (κ3) is 11.3. The Morgan fingerprint density at radius 3 is 1.93 bits per heavy atom. The summed E-state index contributed by atoms with van der Waals surface area (Å²) in [4.78, 5) is 0. The van der Waals surface area contributed by atoms with Crippen molar-refractivity contribution in [3.63, 3.8) is 0 Å². The van der Waals surface area contributed by atoms with E-state index in [1.807, 2.05) is 0 Å². The summed E-state index contributed by atoms with van der Waals surface area (Å²) in [5, 5.41) is 0.274. The zero-order chi connectivity index (χ0) is 22.9. The lowest BCUT2D eigenvalue weighted by Gasteiger charge is -2.38. The van der Waals surface area contributed by atoms with Crippen LogP contribution in [0.25, 0.3) is 0 Å². The highest BCUT2D eigenvalue weighted by Gasteiger charge is 2.38. The van der Waals surface area contributed by atoms with Crippen LogP contribution in [0.5, 0.6) is 0 Å². The van der Waals surface area contributed by atoms with Crippen LogP contribution in [0.3, 0.4) is 0 Å². The first-order chi connectivity index (χ1) is 13.1. The van der Waals surface area contributed by atoms with Crippen LogP contribution in [0, 0.1) is 5.92 Å². The second-order valence-electron chi connectivity index (χ2n) is 10.9. The van der Waals surface area contributed by atoms with E-state index < -0.39 is 16.6 Å². The van der Waals surface area contributed by atoms with E-state index in [1.165, 1.54) is 31.0 Å². The predicted octanol–water partition coefficient (Wildman–Crippen LogP) is 9.32. The lowest BCUT2D eigenvalue weighted by Crippen LogP contribution is -2.44. The average Bonchev–Trinajstić information content (AvgIpc) is 2.58. The molecule has 0 aliphatic heterocycles. The van der Waals surface area contributed by atoms with Gasteiger partial charge in [0.1, 0.15) is 4.11 Å². The Hall–Kier alpha value is 0.824. The molecular weight excluding hydrogens is 503 g/mol. The van der Waals surface area contributed by atoms with Gasteiger partial charge in [0.15, 0.2) is 16.6 Å². The molecule has 0 heterocycles. The van der Waals surface area contributed by atoms with E-state index >= 15 is 0 Å². The zero-order valence-electron chi connectivity index (χ0n) is 21.5. The highest BCUT2D eigenvalue weighted by atomic mass is 127. The van der Waals surface area contributed by atoms with Crippen LogP contribution in [0.2, 0.25) is 36.3 Å². The molecule has 174 valence electrons. The van der Waals surface area contributed by atoms with Crippen molar-refractivity contribution in [1.29, 1.82) is 0 Å². The normalized spacial score (nSPS) is 16.4. The van der Waals surface area contributed by atoms with Gasteiger partial charge in [0.05, 0.1) is 5.60 Å². The fourth-order valence-corrected chi connectivity index (χ4v) is 10.0. The maximum Gasteiger partial charge on any atom is 0.193 e. The van der Waals surface area contributed by atoms with Gasteiger partial charge in [-0.3, -0.25) is 0 Å². The van der Waals surface area contributed by atoms with Crippen molar-refractivity contribution in [1.82, 2.24) is 0 Å². The van der Waals surface area contributed by atoms with Gasteiger partial charge in [-0.25, -0.2) is 0 Å². The van der Waals surface area contributed by atoms with Gasteiger partial charge in [-0.1, -0.05) is 89.6 Å². The first-order valence-corrected chi connectivity index (χ1v) is 18.5. The molecule has 0 aliphatic rings. The van der Waals surface area contributed by atoms with Gasteiger partial charge in [-0.05, 0) is 75.3 Å². The summed E-state index contributed by atoms with van der Waals surface area (Å²) < 4.78 is 13.5. The fraction of sp³-hybridized carbons (Fsp3) is 0.917. The van der Waals surface area contributed by atoms with Crippen LogP contribution in [-0.4, -0.2) is 26.3 Å². The average molecular weight is 555 g/mol. The minimum atomic E-state index is -1.67. The first-order valence-electron chi connectivity index (χ1n) is 11.8. The molecule has 29 heavy (non-hydrogen) atoms. The summed E-state index contributed by atoms with van der Waals surface area (Å²) in [6, 6.07) is 3.70. The van der Waals surface area contributed by atoms with Gasteiger partial charge in [0.25, 0.3) is 0 Å². The highest BCUT2D eigenvalue weighted by molar-refractivity contribution is 14.1. The van der Waals surface area contributed by atoms with Crippen molar-refractivity contribution < 1.29 is 8.85 Å². The third-order valence-corrected chi connectivity index (χ3v) is 17.5. The van der Waals surface area contributed by atoms with E-state index in [1.54, 1.807) is 0 Å². The first kappa shape index (κ1) is 29.8. The van der Waals surface area contributed by atoms with Crippen LogP contribution in [0.15, 0.2) is 12.2 Å². The molecule has 0 rings (SSSR count). The molecule has 0 aromatic rings. The summed E-state index contributed by atoms with van der Waals surface area (Å²) in [7, 11) is -3.19.